The van der Waals surface area contributed by atoms with Crippen LogP contribution in [0.2, 0.25) is 0 Å². The summed E-state index contributed by atoms with van der Waals surface area (Å²) in [6, 6.07) is 0.590. The molecule has 0 aromatic carbocycles. The highest BCUT2D eigenvalue weighted by atomic mass is 79.9. The maximum absolute atomic E-state index is 4.42. The molecule has 2 aliphatic rings. The van der Waals surface area contributed by atoms with Crippen LogP contribution in [0.1, 0.15) is 31.7 Å². The molecule has 1 atom stereocenters. The third kappa shape index (κ3) is 4.20. The van der Waals surface area contributed by atoms with E-state index in [4.69, 9.17) is 0 Å². The van der Waals surface area contributed by atoms with E-state index in [0.717, 1.165) is 10.4 Å². The standard InChI is InChI=1S/C14H23BrN4.ClH/c15-13-9-17-19(11-13)14-3-6-18(7-4-14)10-12-2-1-5-16-8-12;/h9,11-12,14,16H,1-8,10H2;1H. The number of nitrogens with one attached hydrogen (secondary N) is 1. The zero-order valence-electron chi connectivity index (χ0n) is 11.8. The Morgan fingerprint density at radius 1 is 1.30 bits per heavy atom. The second kappa shape index (κ2) is 7.78. The highest BCUT2D eigenvalue weighted by Gasteiger charge is 2.23. The summed E-state index contributed by atoms with van der Waals surface area (Å²) in [5, 5.41) is 7.94. The number of piperidine rings is 2. The predicted molar refractivity (Wildman–Crippen MR) is 87.5 cm³/mol. The van der Waals surface area contributed by atoms with Crippen molar-refractivity contribution in [1.82, 2.24) is 20.0 Å². The molecule has 2 saturated heterocycles. The highest BCUT2D eigenvalue weighted by Crippen LogP contribution is 2.24. The highest BCUT2D eigenvalue weighted by molar-refractivity contribution is 9.10. The smallest absolute Gasteiger partial charge is 0.0632 e. The molecule has 3 heterocycles. The lowest BCUT2D eigenvalue weighted by molar-refractivity contribution is 0.148. The average Bonchev–Trinajstić information content (AvgIpc) is 2.87. The maximum atomic E-state index is 4.42. The summed E-state index contributed by atoms with van der Waals surface area (Å²) in [7, 11) is 0. The van der Waals surface area contributed by atoms with Gasteiger partial charge in [-0.05, 0) is 60.6 Å². The number of hydrogen-bond acceptors (Lipinski definition) is 3. The lowest BCUT2D eigenvalue weighted by Crippen LogP contribution is -2.42. The minimum absolute atomic E-state index is 0. The fourth-order valence-electron chi connectivity index (χ4n) is 3.33. The molecule has 1 unspecified atom stereocenters. The van der Waals surface area contributed by atoms with Gasteiger partial charge in [0.1, 0.15) is 0 Å². The van der Waals surface area contributed by atoms with Crippen LogP contribution in [0.4, 0.5) is 0 Å². The number of halogens is 2. The van der Waals surface area contributed by atoms with Crippen LogP contribution in [0.15, 0.2) is 16.9 Å². The number of rotatable bonds is 3. The van der Waals surface area contributed by atoms with Crippen molar-refractivity contribution >= 4 is 28.3 Å². The van der Waals surface area contributed by atoms with E-state index in [1.165, 1.54) is 58.4 Å². The fraction of sp³-hybridized carbons (Fsp3) is 0.786. The first-order valence-electron chi connectivity index (χ1n) is 7.44. The van der Waals surface area contributed by atoms with Crippen LogP contribution in [-0.4, -0.2) is 47.4 Å². The quantitative estimate of drug-likeness (QED) is 0.896. The molecule has 0 spiro atoms. The summed E-state index contributed by atoms with van der Waals surface area (Å²) in [6.45, 7) is 6.15. The molecule has 6 heteroatoms. The molecule has 3 rings (SSSR count). The Labute approximate surface area is 135 Å². The van der Waals surface area contributed by atoms with Crippen molar-refractivity contribution in [1.29, 1.82) is 0 Å². The first-order valence-corrected chi connectivity index (χ1v) is 8.23. The Kier molecular flexibility index (Phi) is 6.33. The van der Waals surface area contributed by atoms with Gasteiger partial charge in [0.05, 0.1) is 16.7 Å². The van der Waals surface area contributed by atoms with Crippen molar-refractivity contribution in [2.75, 3.05) is 32.7 Å². The molecule has 20 heavy (non-hydrogen) atoms. The Balaban J connectivity index is 0.00000147. The van der Waals surface area contributed by atoms with Gasteiger partial charge in [-0.15, -0.1) is 12.4 Å². The van der Waals surface area contributed by atoms with E-state index >= 15 is 0 Å². The van der Waals surface area contributed by atoms with Gasteiger partial charge in [0.2, 0.25) is 0 Å². The normalized spacial score (nSPS) is 25.4. The molecule has 0 radical (unpaired) electrons. The average molecular weight is 364 g/mol. The Morgan fingerprint density at radius 2 is 2.10 bits per heavy atom. The lowest BCUT2D eigenvalue weighted by atomic mass is 9.97. The number of likely N-dealkylation sites (tertiary alicyclic amines) is 1. The van der Waals surface area contributed by atoms with Crippen LogP contribution in [-0.2, 0) is 0 Å². The molecule has 0 amide bonds. The van der Waals surface area contributed by atoms with E-state index in [-0.39, 0.29) is 12.4 Å². The molecule has 114 valence electrons. The van der Waals surface area contributed by atoms with E-state index in [0.29, 0.717) is 6.04 Å². The second-order valence-corrected chi connectivity index (χ2v) is 6.80. The van der Waals surface area contributed by atoms with Gasteiger partial charge in [0.25, 0.3) is 0 Å². The van der Waals surface area contributed by atoms with Crippen LogP contribution in [0.5, 0.6) is 0 Å². The van der Waals surface area contributed by atoms with E-state index in [1.807, 2.05) is 6.20 Å². The molecule has 4 nitrogen and oxygen atoms in total. The number of hydrogen-bond donors (Lipinski definition) is 1. The molecular formula is C14H24BrClN4. The van der Waals surface area contributed by atoms with Gasteiger partial charge in [-0.1, -0.05) is 0 Å². The van der Waals surface area contributed by atoms with E-state index in [2.05, 4.69) is 42.1 Å². The number of aromatic nitrogens is 2. The molecule has 0 aliphatic carbocycles. The molecule has 1 aromatic rings. The van der Waals surface area contributed by atoms with Gasteiger partial charge < -0.3 is 10.2 Å². The van der Waals surface area contributed by atoms with Crippen LogP contribution in [0.3, 0.4) is 0 Å². The van der Waals surface area contributed by atoms with Crippen molar-refractivity contribution < 1.29 is 0 Å². The predicted octanol–water partition coefficient (Wildman–Crippen LogP) is 2.70. The zero-order valence-corrected chi connectivity index (χ0v) is 14.2. The van der Waals surface area contributed by atoms with Gasteiger partial charge in [0, 0.05) is 25.8 Å². The Morgan fingerprint density at radius 3 is 2.70 bits per heavy atom. The lowest BCUT2D eigenvalue weighted by Gasteiger charge is -2.35. The minimum atomic E-state index is 0. The number of nitrogens with zero attached hydrogens (tertiary/aromatic N) is 3. The SMILES string of the molecule is Brc1cnn(C2CCN(CC3CCCNC3)CC2)c1.Cl. The Bertz CT molecular complexity index is 398. The third-order valence-electron chi connectivity index (χ3n) is 4.42. The summed E-state index contributed by atoms with van der Waals surface area (Å²) in [5.74, 6) is 0.865. The van der Waals surface area contributed by atoms with Crippen molar-refractivity contribution in [3.63, 3.8) is 0 Å². The monoisotopic (exact) mass is 362 g/mol. The van der Waals surface area contributed by atoms with E-state index in [9.17, 15) is 0 Å². The summed E-state index contributed by atoms with van der Waals surface area (Å²) >= 11 is 3.48. The summed E-state index contributed by atoms with van der Waals surface area (Å²) in [5.41, 5.74) is 0. The largest absolute Gasteiger partial charge is 0.316 e. The summed E-state index contributed by atoms with van der Waals surface area (Å²) in [6.07, 6.45) is 9.20. The van der Waals surface area contributed by atoms with Crippen molar-refractivity contribution in [3.05, 3.63) is 16.9 Å². The van der Waals surface area contributed by atoms with Crippen molar-refractivity contribution in [2.24, 2.45) is 5.92 Å². The molecule has 1 N–H and O–H groups in total. The van der Waals surface area contributed by atoms with Gasteiger partial charge >= 0.3 is 0 Å². The minimum Gasteiger partial charge on any atom is -0.316 e. The van der Waals surface area contributed by atoms with Crippen molar-refractivity contribution in [3.8, 4) is 0 Å². The van der Waals surface area contributed by atoms with Crippen LogP contribution in [0, 0.1) is 5.92 Å². The topological polar surface area (TPSA) is 33.1 Å². The zero-order chi connectivity index (χ0) is 13.1. The summed E-state index contributed by atoms with van der Waals surface area (Å²) < 4.78 is 3.21. The molecule has 1 aromatic heterocycles. The second-order valence-electron chi connectivity index (χ2n) is 5.88. The molecule has 0 bridgehead atoms. The molecule has 2 fully saturated rings. The van der Waals surface area contributed by atoms with Gasteiger partial charge in [-0.25, -0.2) is 0 Å². The maximum Gasteiger partial charge on any atom is 0.0632 e. The van der Waals surface area contributed by atoms with Gasteiger partial charge in [-0.3, -0.25) is 4.68 Å². The first kappa shape index (κ1) is 16.3. The van der Waals surface area contributed by atoms with Crippen LogP contribution in [0.25, 0.3) is 0 Å². The Hall–Kier alpha value is -0.100. The van der Waals surface area contributed by atoms with Gasteiger partial charge in [0.15, 0.2) is 0 Å². The fourth-order valence-corrected chi connectivity index (χ4v) is 3.63. The molecule has 2 aliphatic heterocycles. The van der Waals surface area contributed by atoms with Crippen LogP contribution < -0.4 is 5.32 Å². The van der Waals surface area contributed by atoms with Gasteiger partial charge in [-0.2, -0.15) is 5.10 Å². The van der Waals surface area contributed by atoms with E-state index < -0.39 is 0 Å². The molecule has 0 saturated carbocycles. The van der Waals surface area contributed by atoms with Crippen molar-refractivity contribution in [2.45, 2.75) is 31.7 Å². The van der Waals surface area contributed by atoms with Crippen LogP contribution >= 0.6 is 28.3 Å². The first-order chi connectivity index (χ1) is 9.31. The van der Waals surface area contributed by atoms with E-state index in [1.54, 1.807) is 0 Å². The summed E-state index contributed by atoms with van der Waals surface area (Å²) in [4.78, 5) is 2.65. The molecular weight excluding hydrogens is 340 g/mol. The third-order valence-corrected chi connectivity index (χ3v) is 4.83.